The molecule has 4 rings (SSSR count). The molecule has 1 aliphatic heterocycles. The normalized spacial score (nSPS) is 16.2. The summed E-state index contributed by atoms with van der Waals surface area (Å²) in [6, 6.07) is 15.1. The second-order valence-electron chi connectivity index (χ2n) is 9.02. The highest BCUT2D eigenvalue weighted by Crippen LogP contribution is 2.34. The van der Waals surface area contributed by atoms with Crippen molar-refractivity contribution >= 4 is 5.69 Å². The number of nitrogens with zero attached hydrogens (tertiary/aromatic N) is 2. The van der Waals surface area contributed by atoms with Gasteiger partial charge in [0, 0.05) is 36.4 Å². The van der Waals surface area contributed by atoms with Crippen molar-refractivity contribution in [2.75, 3.05) is 11.4 Å². The first-order valence-corrected chi connectivity index (χ1v) is 11.7. The number of pyridine rings is 1. The van der Waals surface area contributed by atoms with E-state index in [0.717, 1.165) is 53.0 Å². The second kappa shape index (κ2) is 8.86. The Morgan fingerprint density at radius 1 is 1.00 bits per heavy atom. The zero-order valence-corrected chi connectivity index (χ0v) is 19.8. The van der Waals surface area contributed by atoms with Crippen LogP contribution in [0, 0.1) is 13.8 Å². The molecule has 0 saturated heterocycles. The molecule has 1 aromatic heterocycles. The lowest BCUT2D eigenvalue weighted by Crippen LogP contribution is -2.32. The molecule has 0 saturated carbocycles. The zero-order chi connectivity index (χ0) is 23.9. The lowest BCUT2D eigenvalue weighted by atomic mass is 9.91. The molecule has 2 heteroatoms. The Labute approximate surface area is 191 Å². The Hall–Kier alpha value is -2.61. The second-order valence-corrected chi connectivity index (χ2v) is 9.02. The quantitative estimate of drug-likeness (QED) is 0.440. The first-order chi connectivity index (χ1) is 15.7. The summed E-state index contributed by atoms with van der Waals surface area (Å²) in [5, 5.41) is 0. The van der Waals surface area contributed by atoms with E-state index in [1.165, 1.54) is 22.3 Å². The number of hydrogen-bond donors (Lipinski definition) is 0. The van der Waals surface area contributed by atoms with Gasteiger partial charge >= 0.3 is 0 Å². The predicted molar refractivity (Wildman–Crippen MR) is 133 cm³/mol. The van der Waals surface area contributed by atoms with E-state index >= 15 is 0 Å². The minimum absolute atomic E-state index is 0.407. The molecule has 0 radical (unpaired) electrons. The summed E-state index contributed by atoms with van der Waals surface area (Å²) < 4.78 is 18.4. The average Bonchev–Trinajstić information content (AvgIpc) is 2.78. The molecular formula is C29H36N2. The van der Waals surface area contributed by atoms with Gasteiger partial charge in [0.25, 0.3) is 0 Å². The third-order valence-corrected chi connectivity index (χ3v) is 6.56. The summed E-state index contributed by atoms with van der Waals surface area (Å²) in [5.41, 5.74) is 10.8. The Balaban J connectivity index is 1.83. The van der Waals surface area contributed by atoms with Crippen LogP contribution in [-0.4, -0.2) is 11.5 Å². The number of aryl methyl sites for hydroxylation is 4. The highest BCUT2D eigenvalue weighted by molar-refractivity contribution is 5.70. The molecule has 31 heavy (non-hydrogen) atoms. The SMILES string of the molecule is [2H]C1([2H])c2c(C)cc(-c3c(CC)cccc3CC)nc2CCN1c1cc(C(C)C)ccc1C. The maximum atomic E-state index is 9.20. The van der Waals surface area contributed by atoms with Crippen molar-refractivity contribution in [2.45, 2.75) is 73.2 Å². The van der Waals surface area contributed by atoms with Crippen LogP contribution in [0.4, 0.5) is 5.69 Å². The Kier molecular flexibility index (Phi) is 5.46. The van der Waals surface area contributed by atoms with Crippen molar-refractivity contribution in [2.24, 2.45) is 0 Å². The Morgan fingerprint density at radius 2 is 1.71 bits per heavy atom. The summed E-state index contributed by atoms with van der Waals surface area (Å²) in [5.74, 6) is 0.407. The first kappa shape index (κ1) is 19.1. The van der Waals surface area contributed by atoms with Gasteiger partial charge in [0.2, 0.25) is 0 Å². The van der Waals surface area contributed by atoms with E-state index in [1.807, 2.05) is 11.8 Å². The maximum Gasteiger partial charge on any atom is 0.0713 e. The number of benzene rings is 2. The van der Waals surface area contributed by atoms with Crippen LogP contribution in [0.5, 0.6) is 0 Å². The van der Waals surface area contributed by atoms with Crippen LogP contribution >= 0.6 is 0 Å². The van der Waals surface area contributed by atoms with Crippen molar-refractivity contribution < 1.29 is 2.74 Å². The molecule has 0 fully saturated rings. The number of rotatable bonds is 5. The molecule has 0 N–H and O–H groups in total. The molecule has 1 aliphatic rings. The van der Waals surface area contributed by atoms with Crippen LogP contribution in [0.2, 0.25) is 0 Å². The van der Waals surface area contributed by atoms with Crippen LogP contribution in [0.3, 0.4) is 0 Å². The first-order valence-electron chi connectivity index (χ1n) is 12.7. The fourth-order valence-electron chi connectivity index (χ4n) is 4.64. The van der Waals surface area contributed by atoms with Gasteiger partial charge < -0.3 is 4.90 Å². The van der Waals surface area contributed by atoms with Gasteiger partial charge in [0.05, 0.1) is 8.44 Å². The molecule has 2 nitrogen and oxygen atoms in total. The van der Waals surface area contributed by atoms with Gasteiger partial charge in [-0.3, -0.25) is 4.98 Å². The van der Waals surface area contributed by atoms with Crippen molar-refractivity contribution in [3.8, 4) is 11.3 Å². The highest BCUT2D eigenvalue weighted by atomic mass is 15.1. The van der Waals surface area contributed by atoms with E-state index in [0.29, 0.717) is 12.5 Å². The molecule has 0 unspecified atom stereocenters. The summed E-state index contributed by atoms with van der Waals surface area (Å²) >= 11 is 0. The molecule has 0 spiro atoms. The van der Waals surface area contributed by atoms with Gasteiger partial charge in [-0.15, -0.1) is 0 Å². The molecule has 0 aliphatic carbocycles. The van der Waals surface area contributed by atoms with E-state index in [2.05, 4.69) is 77.1 Å². The average molecular weight is 415 g/mol. The molecule has 0 amide bonds. The molecular weight excluding hydrogens is 376 g/mol. The van der Waals surface area contributed by atoms with Crippen LogP contribution in [0.1, 0.15) is 75.4 Å². The third-order valence-electron chi connectivity index (χ3n) is 6.56. The Morgan fingerprint density at radius 3 is 2.35 bits per heavy atom. The van der Waals surface area contributed by atoms with Gasteiger partial charge in [-0.05, 0) is 78.1 Å². The van der Waals surface area contributed by atoms with Gasteiger partial charge in [0.15, 0.2) is 0 Å². The van der Waals surface area contributed by atoms with Gasteiger partial charge in [0.1, 0.15) is 0 Å². The smallest absolute Gasteiger partial charge is 0.0713 e. The number of anilines is 1. The zero-order valence-electron chi connectivity index (χ0n) is 21.8. The lowest BCUT2D eigenvalue weighted by molar-refractivity contribution is 0.705. The third kappa shape index (κ3) is 4.13. The van der Waals surface area contributed by atoms with Crippen LogP contribution < -0.4 is 4.90 Å². The van der Waals surface area contributed by atoms with Gasteiger partial charge in [-0.2, -0.15) is 0 Å². The number of hydrogen-bond acceptors (Lipinski definition) is 2. The Bertz CT molecular complexity index is 1160. The maximum absolute atomic E-state index is 9.20. The number of fused-ring (bicyclic) bond motifs is 1. The standard InChI is InChI=1S/C29H36N2/c1-7-22-10-9-11-23(8-2)29(22)27-16-21(6)25-18-31(15-14-26(25)30-27)28-17-24(19(3)4)13-12-20(28)5/h9-13,16-17,19H,7-8,14-15,18H2,1-6H3/i18D2. The van der Waals surface area contributed by atoms with E-state index in [1.54, 1.807) is 0 Å². The summed E-state index contributed by atoms with van der Waals surface area (Å²) in [6.45, 7) is 11.9. The minimum Gasteiger partial charge on any atom is -0.367 e. The van der Waals surface area contributed by atoms with E-state index in [4.69, 9.17) is 4.98 Å². The van der Waals surface area contributed by atoms with Gasteiger partial charge in [-0.1, -0.05) is 58.0 Å². The van der Waals surface area contributed by atoms with Crippen LogP contribution in [0.15, 0.2) is 42.5 Å². The van der Waals surface area contributed by atoms with E-state index < -0.39 is 6.50 Å². The molecule has 162 valence electrons. The van der Waals surface area contributed by atoms with Crippen molar-refractivity contribution in [1.82, 2.24) is 4.98 Å². The van der Waals surface area contributed by atoms with Crippen molar-refractivity contribution in [3.63, 3.8) is 0 Å². The van der Waals surface area contributed by atoms with Crippen molar-refractivity contribution in [3.05, 3.63) is 81.5 Å². The predicted octanol–water partition coefficient (Wildman–Crippen LogP) is 7.18. The summed E-state index contributed by atoms with van der Waals surface area (Å²) in [6.07, 6.45) is 2.66. The fraction of sp³-hybridized carbons (Fsp3) is 0.414. The summed E-state index contributed by atoms with van der Waals surface area (Å²) in [7, 11) is 0. The van der Waals surface area contributed by atoms with Crippen LogP contribution in [-0.2, 0) is 25.8 Å². The van der Waals surface area contributed by atoms with Gasteiger partial charge in [-0.25, -0.2) is 0 Å². The molecule has 2 aromatic carbocycles. The molecule has 3 aromatic rings. The van der Waals surface area contributed by atoms with Crippen molar-refractivity contribution in [1.29, 1.82) is 0 Å². The largest absolute Gasteiger partial charge is 0.367 e. The molecule has 0 bridgehead atoms. The molecule has 0 atom stereocenters. The minimum atomic E-state index is -1.61. The fourth-order valence-corrected chi connectivity index (χ4v) is 4.64. The van der Waals surface area contributed by atoms with Crippen LogP contribution in [0.25, 0.3) is 11.3 Å². The van der Waals surface area contributed by atoms with E-state index in [-0.39, 0.29) is 0 Å². The summed E-state index contributed by atoms with van der Waals surface area (Å²) in [4.78, 5) is 7.03. The highest BCUT2D eigenvalue weighted by Gasteiger charge is 2.23. The monoisotopic (exact) mass is 414 g/mol. The van der Waals surface area contributed by atoms with E-state index in [9.17, 15) is 2.74 Å². The molecule has 2 heterocycles. The topological polar surface area (TPSA) is 16.1 Å². The lowest BCUT2D eigenvalue weighted by Gasteiger charge is -2.33. The number of aromatic nitrogens is 1.